The Morgan fingerprint density at radius 3 is 2.64 bits per heavy atom. The molecule has 1 amide bonds. The average molecular weight is 230 g/mol. The minimum absolute atomic E-state index is 0.290. The lowest BCUT2D eigenvalue weighted by atomic mass is 10.1. The highest BCUT2D eigenvalue weighted by Gasteiger charge is 2.46. The van der Waals surface area contributed by atoms with E-state index in [1.54, 1.807) is 13.1 Å². The number of rotatable bonds is 0. The van der Waals surface area contributed by atoms with Gasteiger partial charge in [-0.3, -0.25) is 4.79 Å². The number of carbonyl (C=O) groups is 1. The maximum atomic E-state index is 11.7. The molecule has 2 nitrogen and oxygen atoms in total. The van der Waals surface area contributed by atoms with E-state index in [0.29, 0.717) is 5.56 Å². The van der Waals surface area contributed by atoms with E-state index in [2.05, 4.69) is 0 Å². The fourth-order valence-corrected chi connectivity index (χ4v) is 2.19. The van der Waals surface area contributed by atoms with Gasteiger partial charge in [0.25, 0.3) is 5.91 Å². The van der Waals surface area contributed by atoms with Gasteiger partial charge in [0.15, 0.2) is 0 Å². The van der Waals surface area contributed by atoms with Crippen molar-refractivity contribution in [1.29, 1.82) is 0 Å². The zero-order valence-electron chi connectivity index (χ0n) is 7.84. The van der Waals surface area contributed by atoms with Gasteiger partial charge in [0.2, 0.25) is 4.33 Å². The number of hydrogen-bond acceptors (Lipinski definition) is 1. The van der Waals surface area contributed by atoms with Crippen LogP contribution in [0.1, 0.15) is 11.1 Å². The fourth-order valence-electron chi connectivity index (χ4n) is 1.62. The van der Waals surface area contributed by atoms with Crippen molar-refractivity contribution in [2.45, 2.75) is 11.3 Å². The van der Waals surface area contributed by atoms with Crippen LogP contribution in [0.15, 0.2) is 18.2 Å². The van der Waals surface area contributed by atoms with Crippen molar-refractivity contribution in [2.24, 2.45) is 0 Å². The summed E-state index contributed by atoms with van der Waals surface area (Å²) < 4.78 is -1.42. The lowest BCUT2D eigenvalue weighted by Gasteiger charge is -2.11. The number of halogens is 2. The molecule has 0 atom stereocenters. The number of fused-ring (bicyclic) bond motifs is 1. The third kappa shape index (κ3) is 1.14. The molecule has 14 heavy (non-hydrogen) atoms. The molecule has 1 aromatic carbocycles. The van der Waals surface area contributed by atoms with Crippen molar-refractivity contribution in [3.8, 4) is 0 Å². The standard InChI is InChI=1S/C10H9Cl2NO/c1-6-3-4-7-8(5-6)13(2)9(14)10(7,11)12/h3-5H,1-2H3. The van der Waals surface area contributed by atoms with Crippen LogP contribution in [0, 0.1) is 6.92 Å². The van der Waals surface area contributed by atoms with Gasteiger partial charge in [0.05, 0.1) is 5.69 Å². The molecule has 0 spiro atoms. The van der Waals surface area contributed by atoms with Gasteiger partial charge in [0.1, 0.15) is 0 Å². The van der Waals surface area contributed by atoms with E-state index in [-0.39, 0.29) is 5.91 Å². The van der Waals surface area contributed by atoms with Crippen LogP contribution in [-0.2, 0) is 9.13 Å². The average Bonchev–Trinajstić information content (AvgIpc) is 2.28. The van der Waals surface area contributed by atoms with Crippen molar-refractivity contribution in [3.05, 3.63) is 29.3 Å². The van der Waals surface area contributed by atoms with Crippen LogP contribution in [-0.4, -0.2) is 13.0 Å². The molecule has 1 heterocycles. The van der Waals surface area contributed by atoms with Gasteiger partial charge < -0.3 is 4.90 Å². The highest BCUT2D eigenvalue weighted by Crippen LogP contribution is 2.47. The van der Waals surface area contributed by atoms with Crippen molar-refractivity contribution >= 4 is 34.8 Å². The molecular weight excluding hydrogens is 221 g/mol. The summed E-state index contributed by atoms with van der Waals surface area (Å²) in [7, 11) is 1.67. The number of hydrogen-bond donors (Lipinski definition) is 0. The first-order valence-corrected chi connectivity index (χ1v) is 4.97. The van der Waals surface area contributed by atoms with Crippen LogP contribution < -0.4 is 4.90 Å². The molecule has 0 unspecified atom stereocenters. The first kappa shape index (κ1) is 9.81. The first-order chi connectivity index (χ1) is 6.44. The molecule has 2 rings (SSSR count). The summed E-state index contributed by atoms with van der Waals surface area (Å²) in [5.74, 6) is -0.290. The summed E-state index contributed by atoms with van der Waals surface area (Å²) in [6.07, 6.45) is 0. The van der Waals surface area contributed by atoms with E-state index in [9.17, 15) is 4.79 Å². The number of carbonyl (C=O) groups excluding carboxylic acids is 1. The molecule has 0 aromatic heterocycles. The second-order valence-corrected chi connectivity index (χ2v) is 4.79. The molecule has 1 aromatic rings. The number of anilines is 1. The topological polar surface area (TPSA) is 20.3 Å². The van der Waals surface area contributed by atoms with Crippen LogP contribution >= 0.6 is 23.2 Å². The van der Waals surface area contributed by atoms with Crippen LogP contribution in [0.25, 0.3) is 0 Å². The minimum Gasteiger partial charge on any atom is -0.312 e. The maximum Gasteiger partial charge on any atom is 0.267 e. The Hall–Kier alpha value is -0.730. The van der Waals surface area contributed by atoms with Gasteiger partial charge in [-0.1, -0.05) is 35.3 Å². The minimum atomic E-state index is -1.42. The monoisotopic (exact) mass is 229 g/mol. The van der Waals surface area contributed by atoms with E-state index in [0.717, 1.165) is 11.3 Å². The smallest absolute Gasteiger partial charge is 0.267 e. The molecule has 1 aliphatic rings. The molecule has 0 saturated heterocycles. The highest BCUT2D eigenvalue weighted by molar-refractivity contribution is 6.60. The Balaban J connectivity index is 2.68. The normalized spacial score (nSPS) is 18.6. The Morgan fingerprint density at radius 1 is 1.36 bits per heavy atom. The molecule has 1 aliphatic heterocycles. The number of alkyl halides is 2. The Kier molecular flexibility index (Phi) is 2.02. The van der Waals surface area contributed by atoms with Crippen molar-refractivity contribution < 1.29 is 4.79 Å². The maximum absolute atomic E-state index is 11.7. The SMILES string of the molecule is Cc1ccc2c(c1)N(C)C(=O)C2(Cl)Cl. The van der Waals surface area contributed by atoms with E-state index < -0.39 is 4.33 Å². The largest absolute Gasteiger partial charge is 0.312 e. The number of nitrogens with zero attached hydrogens (tertiary/aromatic N) is 1. The van der Waals surface area contributed by atoms with E-state index in [1.807, 2.05) is 19.1 Å². The molecule has 0 N–H and O–H groups in total. The van der Waals surface area contributed by atoms with Gasteiger partial charge in [-0.05, 0) is 18.6 Å². The summed E-state index contributed by atoms with van der Waals surface area (Å²) in [6.45, 7) is 1.96. The fraction of sp³-hybridized carbons (Fsp3) is 0.300. The molecule has 0 bridgehead atoms. The van der Waals surface area contributed by atoms with Crippen LogP contribution in [0.2, 0.25) is 0 Å². The summed E-state index contributed by atoms with van der Waals surface area (Å²) >= 11 is 11.9. The number of likely N-dealkylation sites (N-methyl/N-ethyl adjacent to an activating group) is 1. The summed E-state index contributed by atoms with van der Waals surface area (Å²) in [6, 6.07) is 5.59. The van der Waals surface area contributed by atoms with Crippen LogP contribution in [0.4, 0.5) is 5.69 Å². The third-order valence-corrected chi connectivity index (χ3v) is 3.16. The lowest BCUT2D eigenvalue weighted by Crippen LogP contribution is -2.29. The zero-order valence-corrected chi connectivity index (χ0v) is 9.36. The summed E-state index contributed by atoms with van der Waals surface area (Å²) in [5.41, 5.74) is 2.54. The van der Waals surface area contributed by atoms with Gasteiger partial charge in [-0.2, -0.15) is 0 Å². The summed E-state index contributed by atoms with van der Waals surface area (Å²) in [4.78, 5) is 13.1. The second-order valence-electron chi connectivity index (χ2n) is 3.46. The lowest BCUT2D eigenvalue weighted by molar-refractivity contribution is -0.118. The molecule has 4 heteroatoms. The predicted molar refractivity (Wildman–Crippen MR) is 58.0 cm³/mol. The summed E-state index contributed by atoms with van der Waals surface area (Å²) in [5, 5.41) is 0. The third-order valence-electron chi connectivity index (χ3n) is 2.43. The van der Waals surface area contributed by atoms with Gasteiger partial charge >= 0.3 is 0 Å². The van der Waals surface area contributed by atoms with Gasteiger partial charge in [-0.25, -0.2) is 0 Å². The van der Waals surface area contributed by atoms with Crippen molar-refractivity contribution in [2.75, 3.05) is 11.9 Å². The Bertz CT molecular complexity index is 415. The number of amides is 1. The highest BCUT2D eigenvalue weighted by atomic mass is 35.5. The first-order valence-electron chi connectivity index (χ1n) is 4.21. The van der Waals surface area contributed by atoms with Crippen molar-refractivity contribution in [3.63, 3.8) is 0 Å². The molecule has 0 radical (unpaired) electrons. The van der Waals surface area contributed by atoms with Crippen LogP contribution in [0.3, 0.4) is 0 Å². The Morgan fingerprint density at radius 2 is 2.00 bits per heavy atom. The Labute approximate surface area is 92.4 Å². The van der Waals surface area contributed by atoms with Crippen molar-refractivity contribution in [1.82, 2.24) is 0 Å². The number of aryl methyl sites for hydroxylation is 1. The molecular formula is C10H9Cl2NO. The number of benzene rings is 1. The zero-order chi connectivity index (χ0) is 10.5. The predicted octanol–water partition coefficient (Wildman–Crippen LogP) is 2.60. The second kappa shape index (κ2) is 2.88. The van der Waals surface area contributed by atoms with Crippen LogP contribution in [0.5, 0.6) is 0 Å². The van der Waals surface area contributed by atoms with Gasteiger partial charge in [0, 0.05) is 12.6 Å². The van der Waals surface area contributed by atoms with E-state index in [1.165, 1.54) is 4.90 Å². The molecule has 0 aliphatic carbocycles. The molecule has 0 fully saturated rings. The molecule has 0 saturated carbocycles. The van der Waals surface area contributed by atoms with E-state index in [4.69, 9.17) is 23.2 Å². The van der Waals surface area contributed by atoms with Gasteiger partial charge in [-0.15, -0.1) is 0 Å². The molecule has 74 valence electrons. The van der Waals surface area contributed by atoms with E-state index >= 15 is 0 Å². The quantitative estimate of drug-likeness (QED) is 0.627.